The molecule has 3 aromatic rings. The lowest BCUT2D eigenvalue weighted by Gasteiger charge is -2.30. The van der Waals surface area contributed by atoms with Crippen molar-refractivity contribution in [2.45, 2.75) is 25.3 Å². The predicted octanol–water partition coefficient (Wildman–Crippen LogP) is 4.90. The van der Waals surface area contributed by atoms with Gasteiger partial charge in [0.1, 0.15) is 0 Å². The molecular formula is C22H24BrN3O3. The minimum atomic E-state index is 0.281. The van der Waals surface area contributed by atoms with E-state index in [9.17, 15) is 0 Å². The van der Waals surface area contributed by atoms with Gasteiger partial charge in [-0.05, 0) is 43.6 Å². The molecule has 0 saturated carbocycles. The monoisotopic (exact) mass is 457 g/mol. The smallest absolute Gasteiger partial charge is 0.230 e. The second kappa shape index (κ2) is 8.97. The summed E-state index contributed by atoms with van der Waals surface area (Å²) < 4.78 is 17.4. The highest BCUT2D eigenvalue weighted by atomic mass is 79.9. The van der Waals surface area contributed by atoms with Crippen molar-refractivity contribution < 1.29 is 14.0 Å². The number of nitrogens with zero attached hydrogens (tertiary/aromatic N) is 3. The predicted molar refractivity (Wildman–Crippen MR) is 114 cm³/mol. The average molecular weight is 458 g/mol. The molecule has 1 aromatic heterocycles. The number of methoxy groups -OCH3 is 2. The van der Waals surface area contributed by atoms with Crippen LogP contribution in [0.2, 0.25) is 0 Å². The van der Waals surface area contributed by atoms with Gasteiger partial charge < -0.3 is 14.0 Å². The van der Waals surface area contributed by atoms with Crippen LogP contribution in [0.1, 0.15) is 30.2 Å². The van der Waals surface area contributed by atoms with Gasteiger partial charge in [0.2, 0.25) is 11.7 Å². The molecule has 0 aliphatic carbocycles. The molecule has 0 unspecified atom stereocenters. The summed E-state index contributed by atoms with van der Waals surface area (Å²) in [6, 6.07) is 14.4. The van der Waals surface area contributed by atoms with E-state index in [0.717, 1.165) is 42.5 Å². The van der Waals surface area contributed by atoms with E-state index < -0.39 is 0 Å². The number of halogens is 1. The highest BCUT2D eigenvalue weighted by molar-refractivity contribution is 9.10. The second-order valence-electron chi connectivity index (χ2n) is 7.18. The van der Waals surface area contributed by atoms with Gasteiger partial charge in [0.25, 0.3) is 0 Å². The number of likely N-dealkylation sites (tertiary alicyclic amines) is 1. The van der Waals surface area contributed by atoms with E-state index in [1.807, 2.05) is 12.1 Å². The number of ether oxygens (including phenoxy) is 2. The highest BCUT2D eigenvalue weighted by Crippen LogP contribution is 2.40. The number of benzene rings is 2. The first-order valence-electron chi connectivity index (χ1n) is 9.69. The van der Waals surface area contributed by atoms with Crippen molar-refractivity contribution >= 4 is 15.9 Å². The van der Waals surface area contributed by atoms with Crippen molar-refractivity contribution in [2.24, 2.45) is 0 Å². The zero-order chi connectivity index (χ0) is 20.2. The van der Waals surface area contributed by atoms with Gasteiger partial charge in [-0.25, -0.2) is 0 Å². The molecule has 2 aromatic carbocycles. The molecule has 0 amide bonds. The van der Waals surface area contributed by atoms with Crippen molar-refractivity contribution in [3.05, 3.63) is 58.4 Å². The van der Waals surface area contributed by atoms with E-state index in [-0.39, 0.29) is 5.92 Å². The minimum absolute atomic E-state index is 0.281. The third-order valence-electron chi connectivity index (χ3n) is 5.31. The van der Waals surface area contributed by atoms with E-state index in [4.69, 9.17) is 14.0 Å². The number of rotatable bonds is 6. The summed E-state index contributed by atoms with van der Waals surface area (Å²) in [6.45, 7) is 3.02. The third kappa shape index (κ3) is 4.46. The molecule has 152 valence electrons. The quantitative estimate of drug-likeness (QED) is 0.524. The SMILES string of the molecule is COc1cc(Br)cc(-c2noc(C3CCN(Cc4ccccc4)CC3)n2)c1OC. The summed E-state index contributed by atoms with van der Waals surface area (Å²) in [7, 11) is 3.22. The summed E-state index contributed by atoms with van der Waals surface area (Å²) in [6.07, 6.45) is 2.01. The molecule has 1 aliphatic heterocycles. The molecule has 6 nitrogen and oxygen atoms in total. The number of hydrogen-bond donors (Lipinski definition) is 0. The van der Waals surface area contributed by atoms with E-state index in [2.05, 4.69) is 61.3 Å². The second-order valence-corrected chi connectivity index (χ2v) is 8.10. The first-order chi connectivity index (χ1) is 14.2. The summed E-state index contributed by atoms with van der Waals surface area (Å²) >= 11 is 3.50. The molecule has 2 heterocycles. The van der Waals surface area contributed by atoms with Crippen LogP contribution in [0.4, 0.5) is 0 Å². The Morgan fingerprint density at radius 3 is 2.55 bits per heavy atom. The summed E-state index contributed by atoms with van der Waals surface area (Å²) in [4.78, 5) is 7.16. The molecule has 29 heavy (non-hydrogen) atoms. The van der Waals surface area contributed by atoms with Gasteiger partial charge in [-0.3, -0.25) is 4.90 Å². The molecule has 1 saturated heterocycles. The molecule has 1 aliphatic rings. The Balaban J connectivity index is 1.46. The van der Waals surface area contributed by atoms with Crippen LogP contribution in [0, 0.1) is 0 Å². The molecule has 0 radical (unpaired) electrons. The van der Waals surface area contributed by atoms with Crippen LogP contribution in [0.5, 0.6) is 11.5 Å². The minimum Gasteiger partial charge on any atom is -0.493 e. The van der Waals surface area contributed by atoms with Gasteiger partial charge in [-0.15, -0.1) is 0 Å². The molecular weight excluding hydrogens is 434 g/mol. The normalized spacial score (nSPS) is 15.4. The zero-order valence-electron chi connectivity index (χ0n) is 16.6. The average Bonchev–Trinajstić information content (AvgIpc) is 3.24. The van der Waals surface area contributed by atoms with Crippen LogP contribution in [-0.4, -0.2) is 42.3 Å². The van der Waals surface area contributed by atoms with E-state index in [0.29, 0.717) is 23.2 Å². The van der Waals surface area contributed by atoms with E-state index >= 15 is 0 Å². The number of hydrogen-bond acceptors (Lipinski definition) is 6. The van der Waals surface area contributed by atoms with Gasteiger partial charge in [0, 0.05) is 16.9 Å². The molecule has 0 atom stereocenters. The zero-order valence-corrected chi connectivity index (χ0v) is 18.2. The fraction of sp³-hybridized carbons (Fsp3) is 0.364. The van der Waals surface area contributed by atoms with Crippen molar-refractivity contribution in [3.63, 3.8) is 0 Å². The summed E-state index contributed by atoms with van der Waals surface area (Å²) in [5.41, 5.74) is 2.09. The fourth-order valence-electron chi connectivity index (χ4n) is 3.79. The topological polar surface area (TPSA) is 60.6 Å². The van der Waals surface area contributed by atoms with Gasteiger partial charge in [-0.1, -0.05) is 51.4 Å². The lowest BCUT2D eigenvalue weighted by molar-refractivity contribution is 0.187. The molecule has 7 heteroatoms. The van der Waals surface area contributed by atoms with Gasteiger partial charge in [0.05, 0.1) is 19.8 Å². The van der Waals surface area contributed by atoms with E-state index in [1.54, 1.807) is 14.2 Å². The van der Waals surface area contributed by atoms with Crippen LogP contribution in [0.3, 0.4) is 0 Å². The Kier molecular flexibility index (Phi) is 6.16. The Bertz CT molecular complexity index is 953. The summed E-state index contributed by atoms with van der Waals surface area (Å²) in [5.74, 6) is 2.71. The lowest BCUT2D eigenvalue weighted by Crippen LogP contribution is -2.32. The lowest BCUT2D eigenvalue weighted by atomic mass is 9.96. The molecule has 4 rings (SSSR count). The fourth-order valence-corrected chi connectivity index (χ4v) is 4.22. The Morgan fingerprint density at radius 2 is 1.86 bits per heavy atom. The van der Waals surface area contributed by atoms with Crippen molar-refractivity contribution in [1.82, 2.24) is 15.0 Å². The van der Waals surface area contributed by atoms with E-state index in [1.165, 1.54) is 5.56 Å². The number of piperidine rings is 1. The molecule has 0 spiro atoms. The van der Waals surface area contributed by atoms with Crippen LogP contribution < -0.4 is 9.47 Å². The Labute approximate surface area is 178 Å². The van der Waals surface area contributed by atoms with Gasteiger partial charge in [-0.2, -0.15) is 4.98 Å². The maximum atomic E-state index is 5.63. The largest absolute Gasteiger partial charge is 0.493 e. The van der Waals surface area contributed by atoms with Crippen molar-refractivity contribution in [3.8, 4) is 22.9 Å². The summed E-state index contributed by atoms with van der Waals surface area (Å²) in [5, 5.41) is 4.22. The maximum Gasteiger partial charge on any atom is 0.230 e. The van der Waals surface area contributed by atoms with Gasteiger partial charge >= 0.3 is 0 Å². The molecule has 0 N–H and O–H groups in total. The standard InChI is InChI=1S/C22H24BrN3O3/c1-27-19-13-17(23)12-18(20(19)28-2)21-24-22(29-25-21)16-8-10-26(11-9-16)14-15-6-4-3-5-7-15/h3-7,12-13,16H,8-11,14H2,1-2H3. The third-order valence-corrected chi connectivity index (χ3v) is 5.77. The van der Waals surface area contributed by atoms with Crippen molar-refractivity contribution in [1.29, 1.82) is 0 Å². The first kappa shape index (κ1) is 19.9. The highest BCUT2D eigenvalue weighted by Gasteiger charge is 2.26. The molecule has 0 bridgehead atoms. The van der Waals surface area contributed by atoms with Gasteiger partial charge in [0.15, 0.2) is 11.5 Å². The maximum absolute atomic E-state index is 5.63. The molecule has 1 fully saturated rings. The Hall–Kier alpha value is -2.38. The van der Waals surface area contributed by atoms with Crippen LogP contribution in [-0.2, 0) is 6.54 Å². The first-order valence-corrected chi connectivity index (χ1v) is 10.5. The van der Waals surface area contributed by atoms with Crippen molar-refractivity contribution in [2.75, 3.05) is 27.3 Å². The number of aromatic nitrogens is 2. The Morgan fingerprint density at radius 1 is 1.10 bits per heavy atom. The van der Waals surface area contributed by atoms with Crippen LogP contribution >= 0.6 is 15.9 Å². The van der Waals surface area contributed by atoms with Crippen LogP contribution in [0.25, 0.3) is 11.4 Å². The van der Waals surface area contributed by atoms with Crippen LogP contribution in [0.15, 0.2) is 51.5 Å².